The van der Waals surface area contributed by atoms with Crippen LogP contribution in [0, 0.1) is 13.8 Å². The summed E-state index contributed by atoms with van der Waals surface area (Å²) in [6, 6.07) is 13.6. The number of benzene rings is 2. The molecular weight excluding hydrogens is 410 g/mol. The zero-order valence-corrected chi connectivity index (χ0v) is 19.2. The minimum absolute atomic E-state index is 0.313. The van der Waals surface area contributed by atoms with E-state index in [9.17, 15) is 4.79 Å². The van der Waals surface area contributed by atoms with Crippen LogP contribution in [0.25, 0.3) is 11.3 Å². The molecule has 0 N–H and O–H groups in total. The molecular formula is C25H28ClN3O2. The summed E-state index contributed by atoms with van der Waals surface area (Å²) in [4.78, 5) is 22.7. The number of esters is 1. The fourth-order valence-electron chi connectivity index (χ4n) is 3.57. The minimum atomic E-state index is -0.313. The van der Waals surface area contributed by atoms with Gasteiger partial charge in [-0.25, -0.2) is 9.97 Å². The molecule has 0 radical (unpaired) electrons. The standard InChI is InChI=1S/C25H28ClN3O2/c1-5-6-13-29(15-20-7-12-23(17(2)14-20)31-19(4)30)25-18(3)24(27-16-28-25)21-8-10-22(26)11-9-21/h7-12,14,16H,5-6,13,15H2,1-4H3. The van der Waals surface area contributed by atoms with Crippen LogP contribution in [-0.2, 0) is 11.3 Å². The quantitative estimate of drug-likeness (QED) is 0.312. The van der Waals surface area contributed by atoms with E-state index >= 15 is 0 Å². The van der Waals surface area contributed by atoms with Gasteiger partial charge < -0.3 is 9.64 Å². The van der Waals surface area contributed by atoms with Crippen molar-refractivity contribution >= 4 is 23.4 Å². The molecule has 0 bridgehead atoms. The van der Waals surface area contributed by atoms with Gasteiger partial charge in [0.1, 0.15) is 17.9 Å². The Labute approximate surface area is 189 Å². The summed E-state index contributed by atoms with van der Waals surface area (Å²) in [7, 11) is 0. The molecule has 0 saturated heterocycles. The summed E-state index contributed by atoms with van der Waals surface area (Å²) in [5.41, 5.74) is 5.03. The number of anilines is 1. The molecule has 162 valence electrons. The maximum Gasteiger partial charge on any atom is 0.308 e. The Morgan fingerprint density at radius 1 is 1.10 bits per heavy atom. The number of unbranched alkanes of at least 4 members (excludes halogenated alkanes) is 1. The largest absolute Gasteiger partial charge is 0.426 e. The van der Waals surface area contributed by atoms with Gasteiger partial charge in [-0.15, -0.1) is 0 Å². The second-order valence-corrected chi connectivity index (χ2v) is 8.08. The van der Waals surface area contributed by atoms with Crippen molar-refractivity contribution in [1.29, 1.82) is 0 Å². The average Bonchev–Trinajstić information content (AvgIpc) is 2.74. The highest BCUT2D eigenvalue weighted by molar-refractivity contribution is 6.30. The lowest BCUT2D eigenvalue weighted by Gasteiger charge is -2.26. The summed E-state index contributed by atoms with van der Waals surface area (Å²) >= 11 is 6.05. The Hall–Kier alpha value is -2.92. The highest BCUT2D eigenvalue weighted by Crippen LogP contribution is 2.29. The van der Waals surface area contributed by atoms with Crippen LogP contribution in [0.2, 0.25) is 5.02 Å². The molecule has 3 rings (SSSR count). The lowest BCUT2D eigenvalue weighted by atomic mass is 10.1. The Bertz CT molecular complexity index is 1050. The zero-order chi connectivity index (χ0) is 22.4. The van der Waals surface area contributed by atoms with Gasteiger partial charge >= 0.3 is 5.97 Å². The molecule has 2 aromatic carbocycles. The number of hydrogen-bond donors (Lipinski definition) is 0. The van der Waals surface area contributed by atoms with Gasteiger partial charge in [0.2, 0.25) is 0 Å². The number of nitrogens with zero attached hydrogens (tertiary/aromatic N) is 3. The van der Waals surface area contributed by atoms with E-state index in [0.29, 0.717) is 17.3 Å². The van der Waals surface area contributed by atoms with Gasteiger partial charge in [-0.05, 0) is 49.6 Å². The summed E-state index contributed by atoms with van der Waals surface area (Å²) in [5, 5.41) is 0.702. The van der Waals surface area contributed by atoms with E-state index in [1.54, 1.807) is 6.33 Å². The fourth-order valence-corrected chi connectivity index (χ4v) is 3.69. The molecule has 0 unspecified atom stereocenters. The first-order valence-electron chi connectivity index (χ1n) is 10.5. The van der Waals surface area contributed by atoms with Crippen LogP contribution in [0.3, 0.4) is 0 Å². The third-order valence-corrected chi connectivity index (χ3v) is 5.37. The number of halogens is 1. The Balaban J connectivity index is 1.92. The Morgan fingerprint density at radius 3 is 2.48 bits per heavy atom. The lowest BCUT2D eigenvalue weighted by molar-refractivity contribution is -0.131. The fraction of sp³-hybridized carbons (Fsp3) is 0.320. The number of carbonyl (C=O) groups is 1. The zero-order valence-electron chi connectivity index (χ0n) is 18.5. The summed E-state index contributed by atoms with van der Waals surface area (Å²) in [6.07, 6.45) is 3.78. The smallest absolute Gasteiger partial charge is 0.308 e. The SMILES string of the molecule is CCCCN(Cc1ccc(OC(C)=O)c(C)c1)c1ncnc(-c2ccc(Cl)cc2)c1C. The number of hydrogen-bond acceptors (Lipinski definition) is 5. The first-order chi connectivity index (χ1) is 14.9. The predicted octanol–water partition coefficient (Wildman–Crippen LogP) is 6.15. The maximum absolute atomic E-state index is 11.3. The topological polar surface area (TPSA) is 55.3 Å². The number of aromatic nitrogens is 2. The van der Waals surface area contributed by atoms with Crippen molar-refractivity contribution in [1.82, 2.24) is 9.97 Å². The van der Waals surface area contributed by atoms with Crippen molar-refractivity contribution < 1.29 is 9.53 Å². The molecule has 0 saturated carbocycles. The van der Waals surface area contributed by atoms with Crippen molar-refractivity contribution in [3.8, 4) is 17.0 Å². The lowest BCUT2D eigenvalue weighted by Crippen LogP contribution is -2.26. The second kappa shape index (κ2) is 10.4. The number of rotatable bonds is 8. The van der Waals surface area contributed by atoms with Crippen LogP contribution in [-0.4, -0.2) is 22.5 Å². The predicted molar refractivity (Wildman–Crippen MR) is 126 cm³/mol. The van der Waals surface area contributed by atoms with Gasteiger partial charge in [-0.2, -0.15) is 0 Å². The monoisotopic (exact) mass is 437 g/mol. The van der Waals surface area contributed by atoms with E-state index in [1.165, 1.54) is 6.92 Å². The average molecular weight is 438 g/mol. The maximum atomic E-state index is 11.3. The van der Waals surface area contributed by atoms with Crippen molar-refractivity contribution in [2.45, 2.75) is 47.1 Å². The first-order valence-corrected chi connectivity index (χ1v) is 10.9. The summed E-state index contributed by atoms with van der Waals surface area (Å²) in [6.45, 7) is 9.20. The van der Waals surface area contributed by atoms with E-state index in [0.717, 1.165) is 53.2 Å². The van der Waals surface area contributed by atoms with Crippen LogP contribution in [0.15, 0.2) is 48.8 Å². The van der Waals surface area contributed by atoms with E-state index in [2.05, 4.69) is 34.8 Å². The van der Waals surface area contributed by atoms with Crippen LogP contribution >= 0.6 is 11.6 Å². The highest BCUT2D eigenvalue weighted by atomic mass is 35.5. The molecule has 0 aliphatic heterocycles. The highest BCUT2D eigenvalue weighted by Gasteiger charge is 2.16. The van der Waals surface area contributed by atoms with Crippen LogP contribution in [0.1, 0.15) is 43.4 Å². The van der Waals surface area contributed by atoms with Gasteiger partial charge in [0.15, 0.2) is 0 Å². The van der Waals surface area contributed by atoms with Crippen molar-refractivity contribution in [3.05, 3.63) is 70.5 Å². The molecule has 0 aliphatic rings. The van der Waals surface area contributed by atoms with Gasteiger partial charge in [-0.3, -0.25) is 4.79 Å². The number of ether oxygens (including phenoxy) is 1. The van der Waals surface area contributed by atoms with Crippen molar-refractivity contribution in [2.75, 3.05) is 11.4 Å². The number of aryl methyl sites for hydroxylation is 1. The molecule has 0 aliphatic carbocycles. The molecule has 31 heavy (non-hydrogen) atoms. The van der Waals surface area contributed by atoms with Gasteiger partial charge in [0, 0.05) is 36.2 Å². The molecule has 5 nitrogen and oxygen atoms in total. The van der Waals surface area contributed by atoms with Crippen LogP contribution < -0.4 is 9.64 Å². The third-order valence-electron chi connectivity index (χ3n) is 5.12. The van der Waals surface area contributed by atoms with Gasteiger partial charge in [-0.1, -0.05) is 49.2 Å². The molecule has 0 amide bonds. The van der Waals surface area contributed by atoms with E-state index in [-0.39, 0.29) is 5.97 Å². The van der Waals surface area contributed by atoms with Gasteiger partial charge in [0.25, 0.3) is 0 Å². The molecule has 3 aromatic rings. The van der Waals surface area contributed by atoms with E-state index in [4.69, 9.17) is 16.3 Å². The van der Waals surface area contributed by atoms with Crippen molar-refractivity contribution in [3.63, 3.8) is 0 Å². The van der Waals surface area contributed by atoms with Crippen LogP contribution in [0.5, 0.6) is 5.75 Å². The molecule has 0 spiro atoms. The molecule has 1 aromatic heterocycles. The molecule has 6 heteroatoms. The third kappa shape index (κ3) is 5.82. The normalized spacial score (nSPS) is 10.7. The second-order valence-electron chi connectivity index (χ2n) is 7.65. The molecule has 0 atom stereocenters. The van der Waals surface area contributed by atoms with Crippen LogP contribution in [0.4, 0.5) is 5.82 Å². The van der Waals surface area contributed by atoms with Crippen molar-refractivity contribution in [2.24, 2.45) is 0 Å². The Morgan fingerprint density at radius 2 is 1.84 bits per heavy atom. The summed E-state index contributed by atoms with van der Waals surface area (Å²) < 4.78 is 5.26. The van der Waals surface area contributed by atoms with E-state index in [1.807, 2.05) is 43.3 Å². The Kier molecular flexibility index (Phi) is 7.64. The first kappa shape index (κ1) is 22.8. The molecule has 0 fully saturated rings. The minimum Gasteiger partial charge on any atom is -0.426 e. The molecule has 1 heterocycles. The summed E-state index contributed by atoms with van der Waals surface area (Å²) in [5.74, 6) is 1.21. The van der Waals surface area contributed by atoms with E-state index < -0.39 is 0 Å². The number of carbonyl (C=O) groups excluding carboxylic acids is 1. The van der Waals surface area contributed by atoms with Gasteiger partial charge in [0.05, 0.1) is 5.69 Å².